The molecule has 0 radical (unpaired) electrons. The zero-order chi connectivity index (χ0) is 11.4. The SMILES string of the molecule is CCCOc1ccc(Cl)c(C(C)C)c1F. The maximum atomic E-state index is 13.9. The van der Waals surface area contributed by atoms with E-state index in [-0.39, 0.29) is 11.7 Å². The highest BCUT2D eigenvalue weighted by Gasteiger charge is 2.15. The molecule has 0 bridgehead atoms. The van der Waals surface area contributed by atoms with Gasteiger partial charge in [0, 0.05) is 10.6 Å². The number of benzene rings is 1. The van der Waals surface area contributed by atoms with Crippen molar-refractivity contribution in [1.82, 2.24) is 0 Å². The van der Waals surface area contributed by atoms with Crippen LogP contribution in [0.4, 0.5) is 4.39 Å². The topological polar surface area (TPSA) is 9.23 Å². The van der Waals surface area contributed by atoms with Crippen LogP contribution >= 0.6 is 11.6 Å². The first-order chi connectivity index (χ1) is 7.07. The second-order valence-corrected chi connectivity index (χ2v) is 4.18. The van der Waals surface area contributed by atoms with Crippen molar-refractivity contribution in [2.75, 3.05) is 6.61 Å². The van der Waals surface area contributed by atoms with Gasteiger partial charge in [0.2, 0.25) is 0 Å². The van der Waals surface area contributed by atoms with Crippen LogP contribution in [-0.4, -0.2) is 6.61 Å². The van der Waals surface area contributed by atoms with Gasteiger partial charge in [-0.2, -0.15) is 0 Å². The van der Waals surface area contributed by atoms with Gasteiger partial charge < -0.3 is 4.74 Å². The Bertz CT molecular complexity index is 337. The molecular weight excluding hydrogens is 215 g/mol. The Morgan fingerprint density at radius 3 is 2.60 bits per heavy atom. The maximum absolute atomic E-state index is 13.9. The van der Waals surface area contributed by atoms with Crippen LogP contribution in [0.1, 0.15) is 38.7 Å². The van der Waals surface area contributed by atoms with Gasteiger partial charge in [-0.3, -0.25) is 0 Å². The Kier molecular flexibility index (Phi) is 4.40. The highest BCUT2D eigenvalue weighted by molar-refractivity contribution is 6.31. The summed E-state index contributed by atoms with van der Waals surface area (Å²) in [6, 6.07) is 3.27. The van der Waals surface area contributed by atoms with Gasteiger partial charge in [-0.15, -0.1) is 0 Å². The van der Waals surface area contributed by atoms with Crippen molar-refractivity contribution in [1.29, 1.82) is 0 Å². The fourth-order valence-corrected chi connectivity index (χ4v) is 1.77. The standard InChI is InChI=1S/C12H16ClFO/c1-4-7-15-10-6-5-9(13)11(8(2)3)12(10)14/h5-6,8H,4,7H2,1-3H3. The largest absolute Gasteiger partial charge is 0.491 e. The molecule has 0 unspecified atom stereocenters. The zero-order valence-electron chi connectivity index (χ0n) is 9.31. The summed E-state index contributed by atoms with van der Waals surface area (Å²) < 4.78 is 19.2. The van der Waals surface area contributed by atoms with E-state index in [0.717, 1.165) is 6.42 Å². The highest BCUT2D eigenvalue weighted by Crippen LogP contribution is 2.32. The summed E-state index contributed by atoms with van der Waals surface area (Å²) in [7, 11) is 0. The molecule has 15 heavy (non-hydrogen) atoms. The Hall–Kier alpha value is -0.760. The monoisotopic (exact) mass is 230 g/mol. The molecule has 0 spiro atoms. The van der Waals surface area contributed by atoms with E-state index >= 15 is 0 Å². The average Bonchev–Trinajstić information content (AvgIpc) is 2.16. The van der Waals surface area contributed by atoms with Gasteiger partial charge in [0.25, 0.3) is 0 Å². The molecule has 0 aliphatic heterocycles. The van der Waals surface area contributed by atoms with Crippen LogP contribution in [0.3, 0.4) is 0 Å². The van der Waals surface area contributed by atoms with Gasteiger partial charge in [-0.1, -0.05) is 32.4 Å². The van der Waals surface area contributed by atoms with Crippen molar-refractivity contribution in [3.63, 3.8) is 0 Å². The lowest BCUT2D eigenvalue weighted by Gasteiger charge is -2.13. The Balaban J connectivity index is 3.05. The quantitative estimate of drug-likeness (QED) is 0.745. The molecule has 0 saturated carbocycles. The third-order valence-corrected chi connectivity index (χ3v) is 2.46. The number of halogens is 2. The molecule has 0 saturated heterocycles. The molecule has 1 rings (SSSR count). The molecule has 84 valence electrons. The number of rotatable bonds is 4. The van der Waals surface area contributed by atoms with E-state index in [4.69, 9.17) is 16.3 Å². The Morgan fingerprint density at radius 1 is 1.40 bits per heavy atom. The lowest BCUT2D eigenvalue weighted by atomic mass is 10.0. The fourth-order valence-electron chi connectivity index (χ4n) is 1.40. The van der Waals surface area contributed by atoms with Crippen molar-refractivity contribution in [2.24, 2.45) is 0 Å². The van der Waals surface area contributed by atoms with Gasteiger partial charge in [0.1, 0.15) is 0 Å². The minimum atomic E-state index is -0.328. The molecule has 0 aliphatic rings. The van der Waals surface area contributed by atoms with Crippen LogP contribution in [0.15, 0.2) is 12.1 Å². The molecule has 0 N–H and O–H groups in total. The van der Waals surface area contributed by atoms with Crippen LogP contribution in [0.25, 0.3) is 0 Å². The van der Waals surface area contributed by atoms with Crippen LogP contribution < -0.4 is 4.74 Å². The summed E-state index contributed by atoms with van der Waals surface area (Å²) >= 11 is 5.93. The molecule has 0 aliphatic carbocycles. The normalized spacial score (nSPS) is 10.8. The van der Waals surface area contributed by atoms with Crippen LogP contribution in [-0.2, 0) is 0 Å². The summed E-state index contributed by atoms with van der Waals surface area (Å²) in [5.41, 5.74) is 0.533. The van der Waals surface area contributed by atoms with E-state index in [9.17, 15) is 4.39 Å². The van der Waals surface area contributed by atoms with Gasteiger partial charge in [0.15, 0.2) is 11.6 Å². The second kappa shape index (κ2) is 5.36. The van der Waals surface area contributed by atoms with Gasteiger partial charge >= 0.3 is 0 Å². The lowest BCUT2D eigenvalue weighted by molar-refractivity contribution is 0.300. The van der Waals surface area contributed by atoms with E-state index in [1.807, 2.05) is 20.8 Å². The summed E-state index contributed by atoms with van der Waals surface area (Å²) in [6.07, 6.45) is 0.860. The van der Waals surface area contributed by atoms with Crippen LogP contribution in [0.5, 0.6) is 5.75 Å². The van der Waals surface area contributed by atoms with Crippen molar-refractivity contribution in [2.45, 2.75) is 33.1 Å². The van der Waals surface area contributed by atoms with E-state index in [1.165, 1.54) is 0 Å². The van der Waals surface area contributed by atoms with Gasteiger partial charge in [0.05, 0.1) is 6.61 Å². The van der Waals surface area contributed by atoms with Crippen molar-refractivity contribution in [3.05, 3.63) is 28.5 Å². The molecule has 1 nitrogen and oxygen atoms in total. The predicted octanol–water partition coefficient (Wildman–Crippen LogP) is 4.39. The third kappa shape index (κ3) is 2.85. The molecule has 0 fully saturated rings. The molecule has 1 aromatic carbocycles. The summed E-state index contributed by atoms with van der Waals surface area (Å²) in [4.78, 5) is 0. The van der Waals surface area contributed by atoms with Crippen molar-refractivity contribution < 1.29 is 9.13 Å². The third-order valence-electron chi connectivity index (χ3n) is 2.13. The lowest BCUT2D eigenvalue weighted by Crippen LogP contribution is -2.02. The summed E-state index contributed by atoms with van der Waals surface area (Å²) in [5, 5.41) is 0.464. The van der Waals surface area contributed by atoms with E-state index in [0.29, 0.717) is 22.9 Å². The highest BCUT2D eigenvalue weighted by atomic mass is 35.5. The van der Waals surface area contributed by atoms with Crippen molar-refractivity contribution in [3.8, 4) is 5.75 Å². The average molecular weight is 231 g/mol. The minimum Gasteiger partial charge on any atom is -0.491 e. The predicted molar refractivity (Wildman–Crippen MR) is 61.3 cm³/mol. The Labute approximate surface area is 95.2 Å². The van der Waals surface area contributed by atoms with Crippen LogP contribution in [0, 0.1) is 5.82 Å². The van der Waals surface area contributed by atoms with Crippen LogP contribution in [0.2, 0.25) is 5.02 Å². The number of hydrogen-bond donors (Lipinski definition) is 0. The molecule has 3 heteroatoms. The van der Waals surface area contributed by atoms with Crippen molar-refractivity contribution >= 4 is 11.6 Å². The molecule has 1 aromatic rings. The second-order valence-electron chi connectivity index (χ2n) is 3.78. The number of ether oxygens (including phenoxy) is 1. The first-order valence-electron chi connectivity index (χ1n) is 5.18. The summed E-state index contributed by atoms with van der Waals surface area (Å²) in [5.74, 6) is 0.0265. The molecule has 0 amide bonds. The molecule has 0 atom stereocenters. The van der Waals surface area contributed by atoms with E-state index in [2.05, 4.69) is 0 Å². The van der Waals surface area contributed by atoms with Gasteiger partial charge in [-0.25, -0.2) is 4.39 Å². The number of hydrogen-bond acceptors (Lipinski definition) is 1. The first kappa shape index (κ1) is 12.3. The first-order valence-corrected chi connectivity index (χ1v) is 5.56. The maximum Gasteiger partial charge on any atom is 0.169 e. The summed E-state index contributed by atoms with van der Waals surface area (Å²) in [6.45, 7) is 6.33. The zero-order valence-corrected chi connectivity index (χ0v) is 10.1. The Morgan fingerprint density at radius 2 is 2.07 bits per heavy atom. The smallest absolute Gasteiger partial charge is 0.169 e. The van der Waals surface area contributed by atoms with E-state index in [1.54, 1.807) is 12.1 Å². The molecular formula is C12H16ClFO. The molecule has 0 aromatic heterocycles. The van der Waals surface area contributed by atoms with E-state index < -0.39 is 0 Å². The minimum absolute atomic E-state index is 0.0580. The fraction of sp³-hybridized carbons (Fsp3) is 0.500. The van der Waals surface area contributed by atoms with Gasteiger partial charge in [-0.05, 0) is 24.5 Å². The molecule has 0 heterocycles.